The van der Waals surface area contributed by atoms with Gasteiger partial charge in [0.05, 0.1) is 0 Å². The van der Waals surface area contributed by atoms with Crippen molar-refractivity contribution in [3.8, 4) is 0 Å². The van der Waals surface area contributed by atoms with E-state index < -0.39 is 5.97 Å². The third kappa shape index (κ3) is 3.84. The number of hydrogen-bond acceptors (Lipinski definition) is 2. The number of aliphatic carboxylic acids is 1. The highest BCUT2D eigenvalue weighted by molar-refractivity contribution is 9.10. The Hall–Kier alpha value is -1.36. The summed E-state index contributed by atoms with van der Waals surface area (Å²) in [5.74, 6) is -0.923. The van der Waals surface area contributed by atoms with Gasteiger partial charge in [-0.15, -0.1) is 0 Å². The minimum Gasteiger partial charge on any atom is -0.481 e. The van der Waals surface area contributed by atoms with E-state index >= 15 is 0 Å². The number of carboxylic acids is 1. The molecule has 0 saturated heterocycles. The highest BCUT2D eigenvalue weighted by Crippen LogP contribution is 2.20. The van der Waals surface area contributed by atoms with E-state index in [4.69, 9.17) is 5.11 Å². The second-order valence-electron chi connectivity index (χ2n) is 4.14. The van der Waals surface area contributed by atoms with Gasteiger partial charge >= 0.3 is 5.97 Å². The number of benzene rings is 1. The number of carbonyl (C=O) groups excluding carboxylic acids is 1. The van der Waals surface area contributed by atoms with Crippen LogP contribution in [0.15, 0.2) is 22.7 Å². The van der Waals surface area contributed by atoms with E-state index in [1.54, 1.807) is 18.0 Å². The SMILES string of the molecule is Cc1c(Br)cccc1C(=O)N(C)CCCC(=O)O. The molecule has 0 aliphatic carbocycles. The smallest absolute Gasteiger partial charge is 0.303 e. The number of halogens is 1. The first-order chi connectivity index (χ1) is 8.43. The van der Waals surface area contributed by atoms with E-state index in [0.717, 1.165) is 10.0 Å². The van der Waals surface area contributed by atoms with Crippen LogP contribution in [-0.4, -0.2) is 35.5 Å². The molecule has 0 heterocycles. The van der Waals surface area contributed by atoms with Crippen LogP contribution in [-0.2, 0) is 4.79 Å². The molecule has 0 aliphatic rings. The van der Waals surface area contributed by atoms with Gasteiger partial charge in [-0.2, -0.15) is 0 Å². The zero-order chi connectivity index (χ0) is 13.7. The van der Waals surface area contributed by atoms with Gasteiger partial charge in [-0.05, 0) is 31.0 Å². The van der Waals surface area contributed by atoms with Crippen LogP contribution in [0.25, 0.3) is 0 Å². The number of amides is 1. The predicted molar refractivity (Wildman–Crippen MR) is 72.7 cm³/mol. The predicted octanol–water partition coefficient (Wildman–Crippen LogP) is 2.69. The molecule has 0 spiro atoms. The summed E-state index contributed by atoms with van der Waals surface area (Å²) >= 11 is 3.39. The first-order valence-corrected chi connectivity index (χ1v) is 6.45. The molecule has 0 aliphatic heterocycles. The molecule has 0 atom stereocenters. The van der Waals surface area contributed by atoms with Gasteiger partial charge in [0, 0.05) is 30.0 Å². The minimum atomic E-state index is -0.838. The van der Waals surface area contributed by atoms with Crippen LogP contribution in [0, 0.1) is 6.92 Å². The van der Waals surface area contributed by atoms with E-state index in [1.807, 2.05) is 19.1 Å². The van der Waals surface area contributed by atoms with Gasteiger partial charge in [-0.1, -0.05) is 22.0 Å². The Balaban J connectivity index is 2.69. The van der Waals surface area contributed by atoms with E-state index in [0.29, 0.717) is 18.5 Å². The van der Waals surface area contributed by atoms with Crippen LogP contribution in [0.2, 0.25) is 0 Å². The van der Waals surface area contributed by atoms with Crippen molar-refractivity contribution in [2.24, 2.45) is 0 Å². The number of hydrogen-bond donors (Lipinski definition) is 1. The van der Waals surface area contributed by atoms with Crippen molar-refractivity contribution in [2.45, 2.75) is 19.8 Å². The van der Waals surface area contributed by atoms with Gasteiger partial charge in [0.2, 0.25) is 0 Å². The zero-order valence-electron chi connectivity index (χ0n) is 10.4. The molecule has 1 rings (SSSR count). The van der Waals surface area contributed by atoms with Crippen LogP contribution in [0.3, 0.4) is 0 Å². The summed E-state index contributed by atoms with van der Waals surface area (Å²) in [6, 6.07) is 5.47. The molecular formula is C13H16BrNO3. The van der Waals surface area contributed by atoms with Crippen molar-refractivity contribution in [3.05, 3.63) is 33.8 Å². The second kappa shape index (κ2) is 6.54. The minimum absolute atomic E-state index is 0.0785. The first kappa shape index (κ1) is 14.7. The molecule has 5 heteroatoms. The van der Waals surface area contributed by atoms with E-state index in [9.17, 15) is 9.59 Å². The summed E-state index contributed by atoms with van der Waals surface area (Å²) in [6.07, 6.45) is 0.541. The zero-order valence-corrected chi connectivity index (χ0v) is 12.0. The highest BCUT2D eigenvalue weighted by Gasteiger charge is 2.15. The van der Waals surface area contributed by atoms with Gasteiger partial charge in [0.25, 0.3) is 5.91 Å². The Labute approximate surface area is 115 Å². The summed E-state index contributed by atoms with van der Waals surface area (Å²) in [4.78, 5) is 24.1. The molecule has 0 saturated carbocycles. The molecular weight excluding hydrogens is 298 g/mol. The van der Waals surface area contributed by atoms with Crippen LogP contribution < -0.4 is 0 Å². The van der Waals surface area contributed by atoms with E-state index in [-0.39, 0.29) is 12.3 Å². The number of carbonyl (C=O) groups is 2. The summed E-state index contributed by atoms with van der Waals surface area (Å²) in [7, 11) is 1.69. The quantitative estimate of drug-likeness (QED) is 0.909. The van der Waals surface area contributed by atoms with Crippen LogP contribution in [0.5, 0.6) is 0 Å². The maximum absolute atomic E-state index is 12.2. The summed E-state index contributed by atoms with van der Waals surface area (Å²) in [5, 5.41) is 8.55. The third-order valence-electron chi connectivity index (χ3n) is 2.73. The Kier molecular flexibility index (Phi) is 5.34. The molecule has 1 aromatic carbocycles. The van der Waals surface area contributed by atoms with Gasteiger partial charge < -0.3 is 10.0 Å². The number of rotatable bonds is 5. The normalized spacial score (nSPS) is 10.2. The van der Waals surface area contributed by atoms with E-state index in [2.05, 4.69) is 15.9 Å². The molecule has 0 unspecified atom stereocenters. The fraction of sp³-hybridized carbons (Fsp3) is 0.385. The van der Waals surface area contributed by atoms with Crippen molar-refractivity contribution < 1.29 is 14.7 Å². The average molecular weight is 314 g/mol. The third-order valence-corrected chi connectivity index (χ3v) is 3.59. The van der Waals surface area contributed by atoms with Crippen LogP contribution >= 0.6 is 15.9 Å². The van der Waals surface area contributed by atoms with E-state index in [1.165, 1.54) is 0 Å². The van der Waals surface area contributed by atoms with Crippen LogP contribution in [0.4, 0.5) is 0 Å². The number of carboxylic acid groups (broad SMARTS) is 1. The summed E-state index contributed by atoms with van der Waals surface area (Å²) in [6.45, 7) is 2.32. The summed E-state index contributed by atoms with van der Waals surface area (Å²) in [5.41, 5.74) is 1.54. The molecule has 18 heavy (non-hydrogen) atoms. The maximum Gasteiger partial charge on any atom is 0.303 e. The van der Waals surface area contributed by atoms with Crippen molar-refractivity contribution in [2.75, 3.05) is 13.6 Å². The molecule has 1 N–H and O–H groups in total. The average Bonchev–Trinajstić information content (AvgIpc) is 2.31. The summed E-state index contributed by atoms with van der Waals surface area (Å²) < 4.78 is 0.896. The standard InChI is InChI=1S/C13H16BrNO3/c1-9-10(5-3-6-11(9)14)13(18)15(2)8-4-7-12(16)17/h3,5-6H,4,7-8H2,1-2H3,(H,16,17). The molecule has 0 fully saturated rings. The molecule has 0 aromatic heterocycles. The molecule has 1 amide bonds. The Morgan fingerprint density at radius 3 is 2.67 bits per heavy atom. The molecule has 0 radical (unpaired) electrons. The lowest BCUT2D eigenvalue weighted by Gasteiger charge is -2.18. The van der Waals surface area contributed by atoms with Gasteiger partial charge in [0.15, 0.2) is 0 Å². The van der Waals surface area contributed by atoms with Crippen LogP contribution in [0.1, 0.15) is 28.8 Å². The molecule has 4 nitrogen and oxygen atoms in total. The largest absolute Gasteiger partial charge is 0.481 e. The van der Waals surface area contributed by atoms with Crippen molar-refractivity contribution in [1.82, 2.24) is 4.90 Å². The monoisotopic (exact) mass is 313 g/mol. The van der Waals surface area contributed by atoms with Crippen molar-refractivity contribution in [1.29, 1.82) is 0 Å². The Morgan fingerprint density at radius 1 is 1.39 bits per heavy atom. The lowest BCUT2D eigenvalue weighted by Crippen LogP contribution is -2.28. The van der Waals surface area contributed by atoms with Gasteiger partial charge in [0.1, 0.15) is 0 Å². The molecule has 98 valence electrons. The fourth-order valence-corrected chi connectivity index (χ4v) is 1.98. The lowest BCUT2D eigenvalue weighted by molar-refractivity contribution is -0.137. The highest BCUT2D eigenvalue weighted by atomic mass is 79.9. The molecule has 1 aromatic rings. The lowest BCUT2D eigenvalue weighted by atomic mass is 10.1. The maximum atomic E-state index is 12.2. The van der Waals surface area contributed by atoms with Gasteiger partial charge in [-0.3, -0.25) is 9.59 Å². The number of nitrogens with zero attached hydrogens (tertiary/aromatic N) is 1. The van der Waals surface area contributed by atoms with Gasteiger partial charge in [-0.25, -0.2) is 0 Å². The molecule has 0 bridgehead atoms. The first-order valence-electron chi connectivity index (χ1n) is 5.66. The second-order valence-corrected chi connectivity index (χ2v) is 4.99. The Morgan fingerprint density at radius 2 is 2.06 bits per heavy atom. The Bertz CT molecular complexity index is 460. The topological polar surface area (TPSA) is 57.6 Å². The fourth-order valence-electron chi connectivity index (χ4n) is 1.61. The van der Waals surface area contributed by atoms with Crippen molar-refractivity contribution in [3.63, 3.8) is 0 Å². The van der Waals surface area contributed by atoms with Crippen molar-refractivity contribution >= 4 is 27.8 Å².